The molecule has 0 saturated heterocycles. The van der Waals surface area contributed by atoms with Gasteiger partial charge in [-0.1, -0.05) is 11.6 Å². The molecule has 0 aliphatic carbocycles. The number of carbonyl (C=O) groups excluding carboxylic acids is 1. The molecule has 0 bridgehead atoms. The van der Waals surface area contributed by atoms with E-state index in [4.69, 9.17) is 11.6 Å². The first-order chi connectivity index (χ1) is 9.33. The average molecular weight is 301 g/mol. The fourth-order valence-electron chi connectivity index (χ4n) is 1.62. The van der Waals surface area contributed by atoms with Crippen LogP contribution in [0.15, 0.2) is 18.5 Å². The third-order valence-corrected chi connectivity index (χ3v) is 3.00. The summed E-state index contributed by atoms with van der Waals surface area (Å²) in [6, 6.07) is 2.24. The van der Waals surface area contributed by atoms with Gasteiger partial charge in [-0.2, -0.15) is 5.10 Å². The topological polar surface area (TPSA) is 70.7 Å². The van der Waals surface area contributed by atoms with Gasteiger partial charge in [0.05, 0.1) is 16.1 Å². The summed E-state index contributed by atoms with van der Waals surface area (Å²) in [4.78, 5) is 15.9. The zero-order valence-electron chi connectivity index (χ0n) is 10.7. The summed E-state index contributed by atoms with van der Waals surface area (Å²) in [5.74, 6) is -2.93. The van der Waals surface area contributed by atoms with Crippen LogP contribution in [-0.4, -0.2) is 21.1 Å². The average Bonchev–Trinajstić information content (AvgIpc) is 2.90. The van der Waals surface area contributed by atoms with Gasteiger partial charge in [0.25, 0.3) is 5.91 Å². The molecule has 1 aromatic heterocycles. The molecule has 2 N–H and O–H groups in total. The summed E-state index contributed by atoms with van der Waals surface area (Å²) in [5, 5.41) is 8.44. The zero-order valence-corrected chi connectivity index (χ0v) is 11.4. The van der Waals surface area contributed by atoms with Crippen molar-refractivity contribution >= 4 is 17.5 Å². The van der Waals surface area contributed by atoms with E-state index >= 15 is 0 Å². The summed E-state index contributed by atoms with van der Waals surface area (Å²) < 4.78 is 27.0. The molecule has 1 heterocycles. The highest BCUT2D eigenvalue weighted by atomic mass is 35.5. The fraction of sp³-hybridized carbons (Fsp3) is 0.250. The van der Waals surface area contributed by atoms with Crippen molar-refractivity contribution < 1.29 is 13.6 Å². The number of H-pyrrole nitrogens is 1. The van der Waals surface area contributed by atoms with Crippen molar-refractivity contribution in [2.45, 2.75) is 19.4 Å². The van der Waals surface area contributed by atoms with E-state index in [1.54, 1.807) is 13.8 Å². The third-order valence-electron chi connectivity index (χ3n) is 2.71. The molecule has 106 valence electrons. The number of amides is 1. The molecule has 0 radical (unpaired) electrons. The van der Waals surface area contributed by atoms with Crippen LogP contribution in [0, 0.1) is 11.6 Å². The van der Waals surface area contributed by atoms with E-state index < -0.39 is 28.6 Å². The summed E-state index contributed by atoms with van der Waals surface area (Å²) in [7, 11) is 0. The Morgan fingerprint density at radius 3 is 2.65 bits per heavy atom. The quantitative estimate of drug-likeness (QED) is 0.855. The predicted octanol–water partition coefficient (Wildman–Crippen LogP) is 2.40. The monoisotopic (exact) mass is 300 g/mol. The van der Waals surface area contributed by atoms with Crippen molar-refractivity contribution in [1.82, 2.24) is 20.5 Å². The lowest BCUT2D eigenvalue weighted by Crippen LogP contribution is -2.42. The lowest BCUT2D eigenvalue weighted by molar-refractivity contribution is 0.0903. The summed E-state index contributed by atoms with van der Waals surface area (Å²) in [6.45, 7) is 3.30. The maximum Gasteiger partial charge on any atom is 0.255 e. The smallest absolute Gasteiger partial charge is 0.255 e. The Morgan fingerprint density at radius 1 is 1.35 bits per heavy atom. The van der Waals surface area contributed by atoms with Crippen LogP contribution in [0.3, 0.4) is 0 Å². The maximum atomic E-state index is 13.7. The highest BCUT2D eigenvalue weighted by Crippen LogP contribution is 2.22. The molecule has 2 aromatic rings. The molecule has 0 spiro atoms. The molecule has 5 nitrogen and oxygen atoms in total. The molecule has 0 saturated carbocycles. The Kier molecular flexibility index (Phi) is 3.71. The van der Waals surface area contributed by atoms with Crippen LogP contribution in [0.4, 0.5) is 8.78 Å². The Balaban J connectivity index is 2.27. The molecule has 8 heteroatoms. The van der Waals surface area contributed by atoms with E-state index in [2.05, 4.69) is 20.5 Å². The lowest BCUT2D eigenvalue weighted by Gasteiger charge is -2.23. The van der Waals surface area contributed by atoms with Crippen LogP contribution in [0.25, 0.3) is 0 Å². The van der Waals surface area contributed by atoms with Crippen LogP contribution in [0.1, 0.15) is 30.0 Å². The van der Waals surface area contributed by atoms with Gasteiger partial charge in [0, 0.05) is 0 Å². The van der Waals surface area contributed by atoms with Gasteiger partial charge in [-0.05, 0) is 26.0 Å². The molecule has 0 fully saturated rings. The second-order valence-electron chi connectivity index (χ2n) is 4.64. The van der Waals surface area contributed by atoms with Crippen molar-refractivity contribution in [2.24, 2.45) is 0 Å². The molecule has 0 aliphatic rings. The maximum absolute atomic E-state index is 13.7. The van der Waals surface area contributed by atoms with Gasteiger partial charge in [0.15, 0.2) is 11.6 Å². The van der Waals surface area contributed by atoms with Crippen molar-refractivity contribution in [1.29, 1.82) is 0 Å². The molecular weight excluding hydrogens is 290 g/mol. The van der Waals surface area contributed by atoms with Crippen LogP contribution in [0.2, 0.25) is 5.02 Å². The molecule has 2 rings (SSSR count). The summed E-state index contributed by atoms with van der Waals surface area (Å²) in [5.41, 5.74) is -1.35. The van der Waals surface area contributed by atoms with E-state index in [-0.39, 0.29) is 5.02 Å². The molecule has 0 unspecified atom stereocenters. The number of halogens is 3. The van der Waals surface area contributed by atoms with Gasteiger partial charge in [0.1, 0.15) is 12.2 Å². The number of hydrogen-bond acceptors (Lipinski definition) is 3. The Hall–Kier alpha value is -2.02. The molecule has 1 aromatic carbocycles. The minimum Gasteiger partial charge on any atom is -0.340 e. The summed E-state index contributed by atoms with van der Waals surface area (Å²) >= 11 is 5.43. The number of aromatic amines is 1. The van der Waals surface area contributed by atoms with E-state index in [0.29, 0.717) is 5.82 Å². The highest BCUT2D eigenvalue weighted by Gasteiger charge is 2.28. The normalized spacial score (nSPS) is 11.4. The van der Waals surface area contributed by atoms with Gasteiger partial charge in [-0.15, -0.1) is 0 Å². The van der Waals surface area contributed by atoms with Gasteiger partial charge in [-0.25, -0.2) is 13.8 Å². The lowest BCUT2D eigenvalue weighted by atomic mass is 10.0. The van der Waals surface area contributed by atoms with Crippen molar-refractivity contribution in [3.8, 4) is 0 Å². The largest absolute Gasteiger partial charge is 0.340 e. The number of nitrogens with zero attached hydrogens (tertiary/aromatic N) is 2. The fourth-order valence-corrected chi connectivity index (χ4v) is 1.76. The minimum atomic E-state index is -1.29. The number of nitrogens with one attached hydrogen (secondary N) is 2. The van der Waals surface area contributed by atoms with Gasteiger partial charge < -0.3 is 5.32 Å². The van der Waals surface area contributed by atoms with Crippen LogP contribution >= 0.6 is 11.6 Å². The third kappa shape index (κ3) is 2.62. The second kappa shape index (κ2) is 5.16. The van der Waals surface area contributed by atoms with Crippen molar-refractivity contribution in [3.63, 3.8) is 0 Å². The molecule has 20 heavy (non-hydrogen) atoms. The number of hydrogen-bond donors (Lipinski definition) is 2. The highest BCUT2D eigenvalue weighted by molar-refractivity contribution is 6.30. The molecule has 0 atom stereocenters. The van der Waals surface area contributed by atoms with E-state index in [1.807, 2.05) is 0 Å². The standard InChI is InChI=1S/C12H11ClF2N4O/c1-12(2,11-16-5-17-19-11)18-10(20)6-3-4-7(13)9(15)8(6)14/h3-5H,1-2H3,(H,18,20)(H,16,17,19). The predicted molar refractivity (Wildman–Crippen MR) is 68.2 cm³/mol. The SMILES string of the molecule is CC(C)(NC(=O)c1ccc(Cl)c(F)c1F)c1ncn[nH]1. The first-order valence-electron chi connectivity index (χ1n) is 5.65. The van der Waals surface area contributed by atoms with Crippen molar-refractivity contribution in [3.05, 3.63) is 46.5 Å². The molecule has 1 amide bonds. The van der Waals surface area contributed by atoms with Crippen molar-refractivity contribution in [2.75, 3.05) is 0 Å². The summed E-state index contributed by atoms with van der Waals surface area (Å²) in [6.07, 6.45) is 1.28. The number of rotatable bonds is 3. The van der Waals surface area contributed by atoms with Gasteiger partial charge in [0.2, 0.25) is 0 Å². The minimum absolute atomic E-state index is 0.381. The molecular formula is C12H11ClF2N4O. The number of carbonyl (C=O) groups is 1. The van der Waals surface area contributed by atoms with E-state index in [0.717, 1.165) is 12.1 Å². The first kappa shape index (κ1) is 14.4. The van der Waals surface area contributed by atoms with Crippen LogP contribution in [-0.2, 0) is 5.54 Å². The molecule has 0 aliphatic heterocycles. The van der Waals surface area contributed by atoms with Crippen LogP contribution < -0.4 is 5.32 Å². The zero-order chi connectivity index (χ0) is 14.9. The Bertz CT molecular complexity index is 643. The number of benzene rings is 1. The first-order valence-corrected chi connectivity index (χ1v) is 6.02. The van der Waals surface area contributed by atoms with E-state index in [9.17, 15) is 13.6 Å². The second-order valence-corrected chi connectivity index (χ2v) is 5.04. The van der Waals surface area contributed by atoms with Crippen LogP contribution in [0.5, 0.6) is 0 Å². The number of aromatic nitrogens is 3. The Labute approximate surface area is 118 Å². The Morgan fingerprint density at radius 2 is 2.05 bits per heavy atom. The van der Waals surface area contributed by atoms with Gasteiger partial charge in [-0.3, -0.25) is 9.89 Å². The van der Waals surface area contributed by atoms with Gasteiger partial charge >= 0.3 is 0 Å². The van der Waals surface area contributed by atoms with E-state index in [1.165, 1.54) is 6.33 Å².